The molecule has 0 saturated heterocycles. The number of aryl methyl sites for hydroxylation is 1. The summed E-state index contributed by atoms with van der Waals surface area (Å²) in [5.74, 6) is 0.160. The second-order valence-corrected chi connectivity index (χ2v) is 7.69. The molecule has 0 bridgehead atoms. The number of amides is 1. The summed E-state index contributed by atoms with van der Waals surface area (Å²) in [6.45, 7) is 2.34. The van der Waals surface area contributed by atoms with Crippen molar-refractivity contribution in [2.24, 2.45) is 0 Å². The van der Waals surface area contributed by atoms with Gasteiger partial charge < -0.3 is 10.1 Å². The minimum atomic E-state index is -0.453. The number of nitriles is 1. The van der Waals surface area contributed by atoms with Crippen molar-refractivity contribution in [3.63, 3.8) is 0 Å². The number of nitrogens with zero attached hydrogens (tertiary/aromatic N) is 1. The maximum absolute atomic E-state index is 12.5. The zero-order valence-corrected chi connectivity index (χ0v) is 18.0. The Morgan fingerprint density at radius 1 is 1.10 bits per heavy atom. The van der Waals surface area contributed by atoms with E-state index in [4.69, 9.17) is 4.74 Å². The highest BCUT2D eigenvalue weighted by atomic mass is 127. The van der Waals surface area contributed by atoms with Gasteiger partial charge in [0.15, 0.2) is 0 Å². The summed E-state index contributed by atoms with van der Waals surface area (Å²) in [5, 5.41) is 12.3. The molecule has 0 radical (unpaired) electrons. The van der Waals surface area contributed by atoms with Crippen LogP contribution in [-0.2, 0) is 11.4 Å². The van der Waals surface area contributed by atoms with E-state index in [0.29, 0.717) is 23.6 Å². The average molecular weight is 494 g/mol. The fourth-order valence-corrected chi connectivity index (χ4v) is 3.06. The van der Waals surface area contributed by atoms with Crippen molar-refractivity contribution in [3.05, 3.63) is 98.6 Å². The number of nitrogens with one attached hydrogen (secondary N) is 1. The van der Waals surface area contributed by atoms with Crippen molar-refractivity contribution in [2.75, 3.05) is 5.32 Å². The van der Waals surface area contributed by atoms with Crippen LogP contribution in [0.25, 0.3) is 6.08 Å². The van der Waals surface area contributed by atoms with Crippen LogP contribution < -0.4 is 10.1 Å². The summed E-state index contributed by atoms with van der Waals surface area (Å²) in [4.78, 5) is 12.5. The van der Waals surface area contributed by atoms with Crippen LogP contribution in [-0.4, -0.2) is 5.91 Å². The first kappa shape index (κ1) is 20.6. The number of ether oxygens (including phenoxy) is 1. The van der Waals surface area contributed by atoms with E-state index in [1.165, 1.54) is 0 Å². The van der Waals surface area contributed by atoms with Gasteiger partial charge in [0.05, 0.1) is 0 Å². The number of anilines is 1. The molecule has 0 aliphatic rings. The van der Waals surface area contributed by atoms with Crippen LogP contribution in [0.4, 0.5) is 5.69 Å². The van der Waals surface area contributed by atoms with E-state index in [1.54, 1.807) is 12.1 Å². The third-order valence-electron chi connectivity index (χ3n) is 4.17. The summed E-state index contributed by atoms with van der Waals surface area (Å²) < 4.78 is 7.09. The summed E-state index contributed by atoms with van der Waals surface area (Å²) in [5.41, 5.74) is 3.41. The normalized spacial score (nSPS) is 10.9. The van der Waals surface area contributed by atoms with Gasteiger partial charge in [0.2, 0.25) is 0 Å². The number of carbonyl (C=O) groups excluding carboxylic acids is 1. The molecule has 3 aromatic carbocycles. The molecule has 5 heteroatoms. The van der Waals surface area contributed by atoms with Gasteiger partial charge in [-0.05, 0) is 77.0 Å². The number of benzene rings is 3. The Morgan fingerprint density at radius 3 is 2.59 bits per heavy atom. The molecule has 0 unspecified atom stereocenters. The molecule has 0 fully saturated rings. The molecule has 0 spiro atoms. The minimum Gasteiger partial charge on any atom is -0.488 e. The van der Waals surface area contributed by atoms with Crippen LogP contribution in [0.2, 0.25) is 0 Å². The molecule has 4 nitrogen and oxygen atoms in total. The summed E-state index contributed by atoms with van der Waals surface area (Å²) in [6, 6.07) is 24.8. The molecule has 144 valence electrons. The summed E-state index contributed by atoms with van der Waals surface area (Å²) in [6.07, 6.45) is 1.55. The zero-order chi connectivity index (χ0) is 20.6. The molecule has 29 heavy (non-hydrogen) atoms. The smallest absolute Gasteiger partial charge is 0.266 e. The number of carbonyl (C=O) groups is 1. The molecule has 0 aliphatic carbocycles. The van der Waals surface area contributed by atoms with Gasteiger partial charge in [-0.2, -0.15) is 5.26 Å². The van der Waals surface area contributed by atoms with Crippen LogP contribution in [0.1, 0.15) is 16.7 Å². The Hall–Kier alpha value is -3.11. The Labute approximate surface area is 184 Å². The maximum atomic E-state index is 12.5. The topological polar surface area (TPSA) is 62.1 Å². The molecule has 1 N–H and O–H groups in total. The van der Waals surface area contributed by atoms with E-state index in [2.05, 4.69) is 27.9 Å². The highest BCUT2D eigenvalue weighted by Crippen LogP contribution is 2.23. The quantitative estimate of drug-likeness (QED) is 0.271. The lowest BCUT2D eigenvalue weighted by Gasteiger charge is -2.10. The Kier molecular flexibility index (Phi) is 7.04. The van der Waals surface area contributed by atoms with Gasteiger partial charge in [-0.1, -0.05) is 42.5 Å². The van der Waals surface area contributed by atoms with Gasteiger partial charge in [-0.25, -0.2) is 0 Å². The van der Waals surface area contributed by atoms with Crippen molar-refractivity contribution >= 4 is 40.3 Å². The lowest BCUT2D eigenvalue weighted by atomic mass is 10.1. The largest absolute Gasteiger partial charge is 0.488 e. The molecular weight excluding hydrogens is 475 g/mol. The molecule has 0 heterocycles. The maximum Gasteiger partial charge on any atom is 0.266 e. The Bertz CT molecular complexity index is 1080. The Balaban J connectivity index is 1.77. The first-order valence-corrected chi connectivity index (χ1v) is 10.1. The van der Waals surface area contributed by atoms with E-state index >= 15 is 0 Å². The predicted octanol–water partition coefficient (Wildman–Crippen LogP) is 5.72. The van der Waals surface area contributed by atoms with Gasteiger partial charge in [-0.3, -0.25) is 4.79 Å². The van der Waals surface area contributed by atoms with Crippen LogP contribution in [0, 0.1) is 21.8 Å². The molecular formula is C24H19IN2O2. The van der Waals surface area contributed by atoms with Gasteiger partial charge in [0.1, 0.15) is 24.0 Å². The first-order valence-electron chi connectivity index (χ1n) is 9.01. The second kappa shape index (κ2) is 9.89. The number of hydrogen-bond acceptors (Lipinski definition) is 3. The first-order chi connectivity index (χ1) is 14.0. The number of hydrogen-bond donors (Lipinski definition) is 1. The van der Waals surface area contributed by atoms with Crippen LogP contribution in [0.5, 0.6) is 5.75 Å². The van der Waals surface area contributed by atoms with E-state index < -0.39 is 5.91 Å². The second-order valence-electron chi connectivity index (χ2n) is 6.45. The number of para-hydroxylation sites is 1. The fourth-order valence-electron chi connectivity index (χ4n) is 2.70. The van der Waals surface area contributed by atoms with E-state index in [1.807, 2.05) is 79.7 Å². The van der Waals surface area contributed by atoms with Gasteiger partial charge >= 0.3 is 0 Å². The molecule has 0 aliphatic heterocycles. The molecule has 3 rings (SSSR count). The van der Waals surface area contributed by atoms with Crippen LogP contribution >= 0.6 is 22.6 Å². The standard InChI is InChI=1S/C24H19IN2O2/c1-17-5-4-7-22(13-17)27-24(28)20(15-26)14-19-6-2-3-8-23(19)29-16-18-9-11-21(25)12-10-18/h2-14H,16H2,1H3,(H,27,28)/b20-14+. The third kappa shape index (κ3) is 5.93. The minimum absolute atomic E-state index is 0.0109. The average Bonchev–Trinajstić information content (AvgIpc) is 2.72. The van der Waals surface area contributed by atoms with Gasteiger partial charge in [-0.15, -0.1) is 0 Å². The van der Waals surface area contributed by atoms with Crippen molar-refractivity contribution in [2.45, 2.75) is 13.5 Å². The fraction of sp³-hybridized carbons (Fsp3) is 0.0833. The zero-order valence-electron chi connectivity index (χ0n) is 15.9. The Morgan fingerprint density at radius 2 is 1.86 bits per heavy atom. The lowest BCUT2D eigenvalue weighted by molar-refractivity contribution is -0.112. The van der Waals surface area contributed by atoms with Crippen LogP contribution in [0.15, 0.2) is 78.4 Å². The van der Waals surface area contributed by atoms with Gasteiger partial charge in [0.25, 0.3) is 5.91 Å². The molecule has 0 atom stereocenters. The van der Waals surface area contributed by atoms with Gasteiger partial charge in [0, 0.05) is 14.8 Å². The highest BCUT2D eigenvalue weighted by Gasteiger charge is 2.11. The lowest BCUT2D eigenvalue weighted by Crippen LogP contribution is -2.13. The SMILES string of the molecule is Cc1cccc(NC(=O)/C(C#N)=C/c2ccccc2OCc2ccc(I)cc2)c1. The predicted molar refractivity (Wildman–Crippen MR) is 123 cm³/mol. The van der Waals surface area contributed by atoms with Crippen molar-refractivity contribution < 1.29 is 9.53 Å². The molecule has 1 amide bonds. The van der Waals surface area contributed by atoms with E-state index in [0.717, 1.165) is 14.7 Å². The third-order valence-corrected chi connectivity index (χ3v) is 4.89. The number of rotatable bonds is 6. The van der Waals surface area contributed by atoms with E-state index in [9.17, 15) is 10.1 Å². The number of halogens is 1. The van der Waals surface area contributed by atoms with Crippen molar-refractivity contribution in [1.29, 1.82) is 5.26 Å². The summed E-state index contributed by atoms with van der Waals surface area (Å²) >= 11 is 2.26. The highest BCUT2D eigenvalue weighted by molar-refractivity contribution is 14.1. The van der Waals surface area contributed by atoms with Crippen molar-refractivity contribution in [1.82, 2.24) is 0 Å². The molecule has 0 saturated carbocycles. The van der Waals surface area contributed by atoms with Crippen LogP contribution in [0.3, 0.4) is 0 Å². The molecule has 3 aromatic rings. The van der Waals surface area contributed by atoms with Crippen molar-refractivity contribution in [3.8, 4) is 11.8 Å². The summed E-state index contributed by atoms with van der Waals surface area (Å²) in [7, 11) is 0. The van der Waals surface area contributed by atoms with E-state index in [-0.39, 0.29) is 5.57 Å². The molecule has 0 aromatic heterocycles. The monoisotopic (exact) mass is 494 g/mol.